The van der Waals surface area contributed by atoms with Crippen molar-refractivity contribution in [1.29, 1.82) is 0 Å². The smallest absolute Gasteiger partial charge is 0.0370 e. The van der Waals surface area contributed by atoms with E-state index < -0.39 is 0 Å². The van der Waals surface area contributed by atoms with Gasteiger partial charge in [-0.05, 0) is 57.5 Å². The van der Waals surface area contributed by atoms with Crippen LogP contribution in [0.15, 0.2) is 22.7 Å². The Balaban J connectivity index is 2.22. The van der Waals surface area contributed by atoms with Crippen molar-refractivity contribution in [2.75, 3.05) is 24.5 Å². The maximum Gasteiger partial charge on any atom is 0.0370 e. The predicted molar refractivity (Wildman–Crippen MR) is 77.8 cm³/mol. The molecule has 1 heterocycles. The van der Waals surface area contributed by atoms with E-state index in [9.17, 15) is 0 Å². The molecule has 2 nitrogen and oxygen atoms in total. The van der Waals surface area contributed by atoms with Crippen LogP contribution in [0.4, 0.5) is 5.69 Å². The molecule has 1 aliphatic rings. The van der Waals surface area contributed by atoms with Crippen molar-refractivity contribution in [2.45, 2.75) is 32.7 Å². The summed E-state index contributed by atoms with van der Waals surface area (Å²) in [6.45, 7) is 10.0. The lowest BCUT2D eigenvalue weighted by molar-refractivity contribution is 0.416. The molecule has 1 aliphatic heterocycles. The Morgan fingerprint density at radius 3 is 2.82 bits per heavy atom. The Bertz CT molecular complexity index is 401. The number of aryl methyl sites for hydroxylation is 1. The summed E-state index contributed by atoms with van der Waals surface area (Å²) >= 11 is 3.56. The summed E-state index contributed by atoms with van der Waals surface area (Å²) in [6.07, 6.45) is 1.21. The van der Waals surface area contributed by atoms with Gasteiger partial charge < -0.3 is 10.2 Å². The van der Waals surface area contributed by atoms with E-state index in [0.29, 0.717) is 0 Å². The standard InChI is InChI=1S/C14H21BrN2/c1-11-9-12(5-6-13(11)15)17-8-4-7-16-14(2,3)10-17/h5-6,9,16H,4,7-8,10H2,1-3H3. The number of nitrogens with zero attached hydrogens (tertiary/aromatic N) is 1. The van der Waals surface area contributed by atoms with Gasteiger partial charge >= 0.3 is 0 Å². The fraction of sp³-hybridized carbons (Fsp3) is 0.571. The second kappa shape index (κ2) is 4.99. The average Bonchev–Trinajstić information content (AvgIpc) is 2.43. The van der Waals surface area contributed by atoms with E-state index in [4.69, 9.17) is 0 Å². The Kier molecular flexibility index (Phi) is 3.79. The molecular weight excluding hydrogens is 276 g/mol. The van der Waals surface area contributed by atoms with E-state index in [2.05, 4.69) is 65.1 Å². The van der Waals surface area contributed by atoms with Crippen LogP contribution in [0.1, 0.15) is 25.8 Å². The van der Waals surface area contributed by atoms with Gasteiger partial charge in [-0.25, -0.2) is 0 Å². The van der Waals surface area contributed by atoms with Crippen molar-refractivity contribution in [3.63, 3.8) is 0 Å². The third-order valence-corrected chi connectivity index (χ3v) is 4.19. The molecule has 2 rings (SSSR count). The SMILES string of the molecule is Cc1cc(N2CCCNC(C)(C)C2)ccc1Br. The van der Waals surface area contributed by atoms with Gasteiger partial charge in [0.15, 0.2) is 0 Å². The van der Waals surface area contributed by atoms with Crippen LogP contribution in [-0.2, 0) is 0 Å². The topological polar surface area (TPSA) is 15.3 Å². The van der Waals surface area contributed by atoms with Gasteiger partial charge in [-0.15, -0.1) is 0 Å². The van der Waals surface area contributed by atoms with Crippen molar-refractivity contribution in [1.82, 2.24) is 5.32 Å². The number of rotatable bonds is 1. The van der Waals surface area contributed by atoms with E-state index in [1.54, 1.807) is 0 Å². The number of anilines is 1. The fourth-order valence-corrected chi connectivity index (χ4v) is 2.60. The molecule has 0 unspecified atom stereocenters. The van der Waals surface area contributed by atoms with E-state index in [0.717, 1.165) is 19.6 Å². The van der Waals surface area contributed by atoms with Gasteiger partial charge in [0.05, 0.1) is 0 Å². The van der Waals surface area contributed by atoms with Gasteiger partial charge in [0.2, 0.25) is 0 Å². The monoisotopic (exact) mass is 296 g/mol. The maximum atomic E-state index is 3.60. The van der Waals surface area contributed by atoms with Crippen molar-refractivity contribution in [3.05, 3.63) is 28.2 Å². The van der Waals surface area contributed by atoms with Gasteiger partial charge in [0.25, 0.3) is 0 Å². The Hall–Kier alpha value is -0.540. The van der Waals surface area contributed by atoms with Crippen LogP contribution < -0.4 is 10.2 Å². The van der Waals surface area contributed by atoms with Gasteiger partial charge in [0.1, 0.15) is 0 Å². The lowest BCUT2D eigenvalue weighted by Gasteiger charge is -2.31. The highest BCUT2D eigenvalue weighted by molar-refractivity contribution is 9.10. The number of hydrogen-bond acceptors (Lipinski definition) is 2. The minimum atomic E-state index is 0.192. The summed E-state index contributed by atoms with van der Waals surface area (Å²) in [7, 11) is 0. The summed E-state index contributed by atoms with van der Waals surface area (Å²) in [5.41, 5.74) is 2.83. The van der Waals surface area contributed by atoms with Crippen LogP contribution in [0.5, 0.6) is 0 Å². The van der Waals surface area contributed by atoms with Gasteiger partial charge in [-0.3, -0.25) is 0 Å². The van der Waals surface area contributed by atoms with Crippen LogP contribution in [0.2, 0.25) is 0 Å². The van der Waals surface area contributed by atoms with Crippen molar-refractivity contribution in [2.24, 2.45) is 0 Å². The third-order valence-electron chi connectivity index (χ3n) is 3.30. The Labute approximate surface area is 113 Å². The van der Waals surface area contributed by atoms with E-state index in [-0.39, 0.29) is 5.54 Å². The minimum absolute atomic E-state index is 0.192. The molecule has 94 valence electrons. The first-order chi connectivity index (χ1) is 7.98. The Morgan fingerprint density at radius 2 is 2.12 bits per heavy atom. The highest BCUT2D eigenvalue weighted by atomic mass is 79.9. The molecule has 0 aromatic heterocycles. The predicted octanol–water partition coefficient (Wildman–Crippen LogP) is 3.34. The number of hydrogen-bond donors (Lipinski definition) is 1. The molecule has 1 aromatic rings. The zero-order chi connectivity index (χ0) is 12.5. The maximum absolute atomic E-state index is 3.60. The molecule has 17 heavy (non-hydrogen) atoms. The minimum Gasteiger partial charge on any atom is -0.370 e. The Morgan fingerprint density at radius 1 is 1.35 bits per heavy atom. The molecule has 0 bridgehead atoms. The third kappa shape index (κ3) is 3.23. The van der Waals surface area contributed by atoms with Crippen LogP contribution in [0.25, 0.3) is 0 Å². The van der Waals surface area contributed by atoms with Crippen LogP contribution in [0, 0.1) is 6.92 Å². The molecule has 0 amide bonds. The van der Waals surface area contributed by atoms with Gasteiger partial charge in [-0.1, -0.05) is 15.9 Å². The van der Waals surface area contributed by atoms with Crippen molar-refractivity contribution >= 4 is 21.6 Å². The first-order valence-corrected chi connectivity index (χ1v) is 7.03. The molecule has 0 atom stereocenters. The summed E-state index contributed by atoms with van der Waals surface area (Å²) in [5, 5.41) is 3.60. The number of nitrogens with one attached hydrogen (secondary N) is 1. The average molecular weight is 297 g/mol. The van der Waals surface area contributed by atoms with E-state index in [1.807, 2.05) is 0 Å². The molecule has 1 fully saturated rings. The fourth-order valence-electron chi connectivity index (χ4n) is 2.35. The summed E-state index contributed by atoms with van der Waals surface area (Å²) < 4.78 is 1.19. The molecule has 1 N–H and O–H groups in total. The van der Waals surface area contributed by atoms with Gasteiger partial charge in [-0.2, -0.15) is 0 Å². The van der Waals surface area contributed by atoms with Crippen molar-refractivity contribution in [3.8, 4) is 0 Å². The highest BCUT2D eigenvalue weighted by Crippen LogP contribution is 2.25. The number of halogens is 1. The summed E-state index contributed by atoms with van der Waals surface area (Å²) in [5.74, 6) is 0. The molecule has 0 aliphatic carbocycles. The van der Waals surface area contributed by atoms with Gasteiger partial charge in [0, 0.05) is 28.8 Å². The molecule has 0 radical (unpaired) electrons. The zero-order valence-electron chi connectivity index (χ0n) is 10.9. The quantitative estimate of drug-likeness (QED) is 0.855. The molecule has 3 heteroatoms. The molecule has 0 spiro atoms. The second-order valence-electron chi connectivity index (χ2n) is 5.52. The second-order valence-corrected chi connectivity index (χ2v) is 6.37. The first kappa shape index (κ1) is 12.9. The summed E-state index contributed by atoms with van der Waals surface area (Å²) in [6, 6.07) is 6.62. The molecule has 1 aromatic carbocycles. The highest BCUT2D eigenvalue weighted by Gasteiger charge is 2.24. The lowest BCUT2D eigenvalue weighted by atomic mass is 10.1. The van der Waals surface area contributed by atoms with Crippen LogP contribution in [0.3, 0.4) is 0 Å². The normalized spacial score (nSPS) is 20.1. The first-order valence-electron chi connectivity index (χ1n) is 6.24. The van der Waals surface area contributed by atoms with E-state index in [1.165, 1.54) is 22.1 Å². The van der Waals surface area contributed by atoms with Crippen molar-refractivity contribution < 1.29 is 0 Å². The number of benzene rings is 1. The largest absolute Gasteiger partial charge is 0.370 e. The van der Waals surface area contributed by atoms with Crippen LogP contribution >= 0.6 is 15.9 Å². The molecule has 1 saturated heterocycles. The zero-order valence-corrected chi connectivity index (χ0v) is 12.5. The van der Waals surface area contributed by atoms with Crippen LogP contribution in [-0.4, -0.2) is 25.2 Å². The summed E-state index contributed by atoms with van der Waals surface area (Å²) in [4.78, 5) is 2.49. The van der Waals surface area contributed by atoms with E-state index >= 15 is 0 Å². The molecular formula is C14H21BrN2. The lowest BCUT2D eigenvalue weighted by Crippen LogP contribution is -2.46. The molecule has 0 saturated carbocycles.